The van der Waals surface area contributed by atoms with Gasteiger partial charge in [-0.2, -0.15) is 0 Å². The van der Waals surface area contributed by atoms with Crippen molar-refractivity contribution < 1.29 is 0 Å². The smallest absolute Gasteiger partial charge is 0.0438 e. The van der Waals surface area contributed by atoms with Gasteiger partial charge in [0, 0.05) is 14.6 Å². The Bertz CT molecular complexity index is 556. The zero-order valence-electron chi connectivity index (χ0n) is 11.6. The van der Waals surface area contributed by atoms with Gasteiger partial charge in [-0.25, -0.2) is 0 Å². The van der Waals surface area contributed by atoms with Crippen molar-refractivity contribution in [3.8, 4) is 0 Å². The van der Waals surface area contributed by atoms with E-state index in [9.17, 15) is 0 Å². The molecule has 0 spiro atoms. The van der Waals surface area contributed by atoms with Crippen LogP contribution in [0.25, 0.3) is 0 Å². The molecule has 2 rings (SSSR count). The maximum absolute atomic E-state index is 6.29. The lowest BCUT2D eigenvalue weighted by Gasteiger charge is -2.20. The topological polar surface area (TPSA) is 12.0 Å². The van der Waals surface area contributed by atoms with Crippen molar-refractivity contribution in [2.24, 2.45) is 0 Å². The molecule has 0 saturated heterocycles. The maximum atomic E-state index is 6.29. The van der Waals surface area contributed by atoms with E-state index in [1.807, 2.05) is 18.2 Å². The highest BCUT2D eigenvalue weighted by atomic mass is 127. The highest BCUT2D eigenvalue weighted by Gasteiger charge is 2.13. The molecule has 0 fully saturated rings. The van der Waals surface area contributed by atoms with Crippen LogP contribution >= 0.6 is 34.2 Å². The summed E-state index contributed by atoms with van der Waals surface area (Å²) in [5.74, 6) is 0. The number of nitrogens with one attached hydrogen (secondary N) is 1. The van der Waals surface area contributed by atoms with Crippen LogP contribution in [0, 0.1) is 3.57 Å². The van der Waals surface area contributed by atoms with Crippen LogP contribution < -0.4 is 5.32 Å². The van der Waals surface area contributed by atoms with E-state index in [1.54, 1.807) is 0 Å². The van der Waals surface area contributed by atoms with E-state index in [0.29, 0.717) is 6.04 Å². The van der Waals surface area contributed by atoms with Gasteiger partial charge >= 0.3 is 0 Å². The van der Waals surface area contributed by atoms with Crippen molar-refractivity contribution in [2.75, 3.05) is 6.54 Å². The van der Waals surface area contributed by atoms with Crippen LogP contribution in [0.1, 0.15) is 30.5 Å². The molecule has 1 atom stereocenters. The van der Waals surface area contributed by atoms with Crippen LogP contribution in [-0.2, 0) is 6.42 Å². The molecule has 0 saturated carbocycles. The standard InChI is InChI=1S/C17H19ClIN/c1-2-10-20-17(14-7-5-8-15(19)11-14)12-13-6-3-4-9-16(13)18/h3-9,11,17,20H,2,10,12H2,1H3. The average Bonchev–Trinajstić information content (AvgIpc) is 2.45. The van der Waals surface area contributed by atoms with E-state index < -0.39 is 0 Å². The van der Waals surface area contributed by atoms with Crippen LogP contribution in [0.2, 0.25) is 5.02 Å². The van der Waals surface area contributed by atoms with Crippen LogP contribution in [-0.4, -0.2) is 6.54 Å². The van der Waals surface area contributed by atoms with E-state index in [1.165, 1.54) is 14.7 Å². The van der Waals surface area contributed by atoms with E-state index >= 15 is 0 Å². The summed E-state index contributed by atoms with van der Waals surface area (Å²) >= 11 is 8.65. The van der Waals surface area contributed by atoms with Crippen LogP contribution in [0.3, 0.4) is 0 Å². The fourth-order valence-corrected chi connectivity index (χ4v) is 3.01. The molecule has 20 heavy (non-hydrogen) atoms. The second-order valence-electron chi connectivity index (χ2n) is 4.86. The van der Waals surface area contributed by atoms with Crippen LogP contribution in [0.5, 0.6) is 0 Å². The fourth-order valence-electron chi connectivity index (χ4n) is 2.23. The van der Waals surface area contributed by atoms with Crippen molar-refractivity contribution >= 4 is 34.2 Å². The second kappa shape index (κ2) is 8.01. The minimum Gasteiger partial charge on any atom is -0.310 e. The zero-order valence-corrected chi connectivity index (χ0v) is 14.5. The first-order valence-corrected chi connectivity index (χ1v) is 8.38. The first-order valence-electron chi connectivity index (χ1n) is 6.93. The number of rotatable bonds is 6. The van der Waals surface area contributed by atoms with E-state index in [0.717, 1.165) is 24.4 Å². The average molecular weight is 400 g/mol. The van der Waals surface area contributed by atoms with Gasteiger partial charge < -0.3 is 5.32 Å². The molecular formula is C17H19ClIN. The summed E-state index contributed by atoms with van der Waals surface area (Å²) in [7, 11) is 0. The molecular weight excluding hydrogens is 381 g/mol. The summed E-state index contributed by atoms with van der Waals surface area (Å²) in [6, 6.07) is 17.1. The molecule has 0 aliphatic rings. The molecule has 1 nitrogen and oxygen atoms in total. The van der Waals surface area contributed by atoms with Gasteiger partial charge in [0.1, 0.15) is 0 Å². The summed E-state index contributed by atoms with van der Waals surface area (Å²) in [5.41, 5.74) is 2.52. The van der Waals surface area contributed by atoms with Gasteiger partial charge in [0.25, 0.3) is 0 Å². The summed E-state index contributed by atoms with van der Waals surface area (Å²) < 4.78 is 1.27. The lowest BCUT2D eigenvalue weighted by molar-refractivity contribution is 0.529. The first-order chi connectivity index (χ1) is 9.70. The molecule has 2 aromatic rings. The molecule has 1 N–H and O–H groups in total. The quantitative estimate of drug-likeness (QED) is 0.656. The third-order valence-electron chi connectivity index (χ3n) is 3.27. The van der Waals surface area contributed by atoms with Crippen molar-refractivity contribution in [2.45, 2.75) is 25.8 Å². The van der Waals surface area contributed by atoms with Gasteiger partial charge in [-0.05, 0) is 71.3 Å². The number of benzene rings is 2. The molecule has 1 unspecified atom stereocenters. The van der Waals surface area contributed by atoms with E-state index in [4.69, 9.17) is 11.6 Å². The highest BCUT2D eigenvalue weighted by molar-refractivity contribution is 14.1. The molecule has 0 aliphatic carbocycles. The van der Waals surface area contributed by atoms with Gasteiger partial charge in [0.15, 0.2) is 0 Å². The Morgan fingerprint density at radius 1 is 1.15 bits per heavy atom. The summed E-state index contributed by atoms with van der Waals surface area (Å²) in [6.07, 6.45) is 2.04. The maximum Gasteiger partial charge on any atom is 0.0438 e. The lowest BCUT2D eigenvalue weighted by atomic mass is 9.98. The SMILES string of the molecule is CCCNC(Cc1ccccc1Cl)c1cccc(I)c1. The Kier molecular flexibility index (Phi) is 6.33. The molecule has 0 amide bonds. The van der Waals surface area contributed by atoms with Crippen molar-refractivity contribution in [3.63, 3.8) is 0 Å². The first kappa shape index (κ1) is 15.8. The number of halogens is 2. The third-order valence-corrected chi connectivity index (χ3v) is 4.31. The summed E-state index contributed by atoms with van der Waals surface area (Å²) in [6.45, 7) is 3.20. The molecule has 0 heterocycles. The molecule has 0 aliphatic heterocycles. The number of hydrogen-bond donors (Lipinski definition) is 1. The Hall–Kier alpha value is -0.580. The van der Waals surface area contributed by atoms with E-state index in [2.05, 4.69) is 65.2 Å². The summed E-state index contributed by atoms with van der Waals surface area (Å²) in [5, 5.41) is 4.48. The molecule has 0 aromatic heterocycles. The fraction of sp³-hybridized carbons (Fsp3) is 0.294. The van der Waals surface area contributed by atoms with Crippen molar-refractivity contribution in [3.05, 3.63) is 68.3 Å². The lowest BCUT2D eigenvalue weighted by Crippen LogP contribution is -2.24. The van der Waals surface area contributed by atoms with Crippen molar-refractivity contribution in [1.29, 1.82) is 0 Å². The Labute approximate surface area is 139 Å². The largest absolute Gasteiger partial charge is 0.310 e. The molecule has 106 valence electrons. The minimum atomic E-state index is 0.310. The second-order valence-corrected chi connectivity index (χ2v) is 6.51. The normalized spacial score (nSPS) is 12.3. The third kappa shape index (κ3) is 4.47. The van der Waals surface area contributed by atoms with Gasteiger partial charge in [0.05, 0.1) is 0 Å². The number of hydrogen-bond acceptors (Lipinski definition) is 1. The van der Waals surface area contributed by atoms with Gasteiger partial charge in [0.2, 0.25) is 0 Å². The monoisotopic (exact) mass is 399 g/mol. The predicted molar refractivity (Wildman–Crippen MR) is 95.3 cm³/mol. The Morgan fingerprint density at radius 3 is 2.65 bits per heavy atom. The Morgan fingerprint density at radius 2 is 1.95 bits per heavy atom. The predicted octanol–water partition coefficient (Wildman–Crippen LogP) is 5.23. The van der Waals surface area contributed by atoms with Crippen LogP contribution in [0.4, 0.5) is 0 Å². The summed E-state index contributed by atoms with van der Waals surface area (Å²) in [4.78, 5) is 0. The van der Waals surface area contributed by atoms with Gasteiger partial charge in [-0.3, -0.25) is 0 Å². The highest BCUT2D eigenvalue weighted by Crippen LogP contribution is 2.24. The van der Waals surface area contributed by atoms with E-state index in [-0.39, 0.29) is 0 Å². The molecule has 2 aromatic carbocycles. The van der Waals surface area contributed by atoms with Crippen LogP contribution in [0.15, 0.2) is 48.5 Å². The van der Waals surface area contributed by atoms with Gasteiger partial charge in [-0.15, -0.1) is 0 Å². The Balaban J connectivity index is 2.21. The zero-order chi connectivity index (χ0) is 14.4. The molecule has 3 heteroatoms. The minimum absolute atomic E-state index is 0.310. The molecule has 0 bridgehead atoms. The molecule has 0 radical (unpaired) electrons. The van der Waals surface area contributed by atoms with Gasteiger partial charge in [-0.1, -0.05) is 48.9 Å². The van der Waals surface area contributed by atoms with Crippen molar-refractivity contribution in [1.82, 2.24) is 5.32 Å².